The summed E-state index contributed by atoms with van der Waals surface area (Å²) >= 11 is 17.4. The van der Waals surface area contributed by atoms with Crippen molar-refractivity contribution in [2.75, 3.05) is 6.54 Å². The average Bonchev–Trinajstić information content (AvgIpc) is 2.51. The van der Waals surface area contributed by atoms with Crippen molar-refractivity contribution in [1.82, 2.24) is 10.0 Å². The van der Waals surface area contributed by atoms with Crippen molar-refractivity contribution in [3.63, 3.8) is 0 Å². The zero-order chi connectivity index (χ0) is 17.7. The summed E-state index contributed by atoms with van der Waals surface area (Å²) in [5.74, 6) is 0. The minimum atomic E-state index is -3.94. The van der Waals surface area contributed by atoms with Gasteiger partial charge in [-0.25, -0.2) is 17.9 Å². The fourth-order valence-corrected chi connectivity index (χ4v) is 3.22. The van der Waals surface area contributed by atoms with Crippen LogP contribution in [0.1, 0.15) is 5.56 Å². The van der Waals surface area contributed by atoms with E-state index in [-0.39, 0.29) is 11.4 Å². The highest BCUT2D eigenvalue weighted by atomic mass is 35.5. The zero-order valence-electron chi connectivity index (χ0n) is 12.2. The summed E-state index contributed by atoms with van der Waals surface area (Å²) in [6, 6.07) is 9.79. The van der Waals surface area contributed by atoms with E-state index in [0.717, 1.165) is 5.56 Å². The van der Waals surface area contributed by atoms with E-state index in [2.05, 4.69) is 5.32 Å². The molecule has 24 heavy (non-hydrogen) atoms. The number of carbonyl (C=O) groups is 1. The summed E-state index contributed by atoms with van der Waals surface area (Å²) in [4.78, 5) is 11.7. The molecule has 2 aromatic carbocycles. The smallest absolute Gasteiger partial charge is 0.328 e. The second kappa shape index (κ2) is 8.07. The van der Waals surface area contributed by atoms with Crippen molar-refractivity contribution in [3.8, 4) is 0 Å². The van der Waals surface area contributed by atoms with Gasteiger partial charge in [0.25, 0.3) is 10.0 Å². The molecule has 0 spiro atoms. The lowest BCUT2D eigenvalue weighted by molar-refractivity contribution is 0.246. The third kappa shape index (κ3) is 5.27. The summed E-state index contributed by atoms with van der Waals surface area (Å²) in [6.07, 6.45) is 0.477. The summed E-state index contributed by atoms with van der Waals surface area (Å²) in [5.41, 5.74) is 0.866. The minimum Gasteiger partial charge on any atom is -0.337 e. The second-order valence-corrected chi connectivity index (χ2v) is 7.75. The van der Waals surface area contributed by atoms with E-state index in [1.165, 1.54) is 24.3 Å². The molecule has 0 fully saturated rings. The molecule has 0 saturated carbocycles. The van der Waals surface area contributed by atoms with Crippen molar-refractivity contribution in [2.24, 2.45) is 0 Å². The van der Waals surface area contributed by atoms with E-state index < -0.39 is 16.1 Å². The van der Waals surface area contributed by atoms with Crippen LogP contribution in [0.5, 0.6) is 0 Å². The molecule has 2 amide bonds. The normalized spacial score (nSPS) is 11.1. The summed E-state index contributed by atoms with van der Waals surface area (Å²) in [7, 11) is -3.94. The first-order valence-corrected chi connectivity index (χ1v) is 9.40. The van der Waals surface area contributed by atoms with Gasteiger partial charge in [0.15, 0.2) is 0 Å². The molecule has 0 aliphatic heterocycles. The fraction of sp³-hybridized carbons (Fsp3) is 0.133. The van der Waals surface area contributed by atoms with Crippen molar-refractivity contribution in [1.29, 1.82) is 0 Å². The van der Waals surface area contributed by atoms with Gasteiger partial charge in [0, 0.05) is 11.6 Å². The lowest BCUT2D eigenvalue weighted by Gasteiger charge is -2.09. The topological polar surface area (TPSA) is 75.3 Å². The summed E-state index contributed by atoms with van der Waals surface area (Å²) < 4.78 is 26.0. The number of benzene rings is 2. The van der Waals surface area contributed by atoms with Crippen LogP contribution in [-0.2, 0) is 16.4 Å². The highest BCUT2D eigenvalue weighted by molar-refractivity contribution is 7.90. The van der Waals surface area contributed by atoms with Crippen LogP contribution in [0.4, 0.5) is 4.79 Å². The predicted octanol–water partition coefficient (Wildman–Crippen LogP) is 3.88. The standard InChI is InChI=1S/C15H13Cl3N2O3S/c16-11-2-4-12(5-3-11)24(22,23)20-15(21)19-8-7-10-1-6-13(17)14(18)9-10/h1-6,9H,7-8H2,(H2,19,20,21). The van der Waals surface area contributed by atoms with Crippen LogP contribution in [-0.4, -0.2) is 21.0 Å². The van der Waals surface area contributed by atoms with Gasteiger partial charge >= 0.3 is 6.03 Å². The molecule has 2 N–H and O–H groups in total. The molecule has 0 aromatic heterocycles. The van der Waals surface area contributed by atoms with Gasteiger partial charge in [-0.05, 0) is 48.4 Å². The summed E-state index contributed by atoms with van der Waals surface area (Å²) in [6.45, 7) is 0.236. The lowest BCUT2D eigenvalue weighted by Crippen LogP contribution is -2.40. The molecule has 0 unspecified atom stereocenters. The SMILES string of the molecule is O=C(NCCc1ccc(Cl)c(Cl)c1)NS(=O)(=O)c1ccc(Cl)cc1. The quantitative estimate of drug-likeness (QED) is 0.790. The Bertz CT molecular complexity index is 840. The van der Waals surface area contributed by atoms with Gasteiger partial charge in [0.1, 0.15) is 0 Å². The van der Waals surface area contributed by atoms with Crippen molar-refractivity contribution >= 4 is 50.9 Å². The summed E-state index contributed by atoms with van der Waals surface area (Å²) in [5, 5.41) is 3.74. The van der Waals surface area contributed by atoms with Gasteiger partial charge in [-0.1, -0.05) is 40.9 Å². The van der Waals surface area contributed by atoms with Gasteiger partial charge < -0.3 is 5.32 Å². The van der Waals surface area contributed by atoms with Gasteiger partial charge in [0.2, 0.25) is 0 Å². The second-order valence-electron chi connectivity index (χ2n) is 4.81. The Morgan fingerprint density at radius 1 is 0.958 bits per heavy atom. The Balaban J connectivity index is 1.88. The van der Waals surface area contributed by atoms with Crippen LogP contribution in [0.3, 0.4) is 0 Å². The molecule has 9 heteroatoms. The molecule has 128 valence electrons. The number of rotatable bonds is 5. The number of hydrogen-bond acceptors (Lipinski definition) is 3. The third-order valence-electron chi connectivity index (χ3n) is 3.03. The number of amides is 2. The maximum absolute atomic E-state index is 12.0. The van der Waals surface area contributed by atoms with Crippen LogP contribution < -0.4 is 10.0 Å². The maximum atomic E-state index is 12.0. The molecular formula is C15H13Cl3N2O3S. The number of sulfonamides is 1. The predicted molar refractivity (Wildman–Crippen MR) is 95.3 cm³/mol. The van der Waals surface area contributed by atoms with Gasteiger partial charge in [0.05, 0.1) is 14.9 Å². The third-order valence-corrected chi connectivity index (χ3v) is 5.37. The molecule has 0 bridgehead atoms. The Labute approximate surface area is 155 Å². The Morgan fingerprint density at radius 2 is 1.62 bits per heavy atom. The van der Waals surface area contributed by atoms with Crippen LogP contribution >= 0.6 is 34.8 Å². The lowest BCUT2D eigenvalue weighted by atomic mass is 10.1. The highest BCUT2D eigenvalue weighted by Gasteiger charge is 2.17. The van der Waals surface area contributed by atoms with Crippen molar-refractivity contribution in [3.05, 3.63) is 63.1 Å². The van der Waals surface area contributed by atoms with E-state index in [0.29, 0.717) is 21.5 Å². The molecule has 0 aliphatic carbocycles. The van der Waals surface area contributed by atoms with Crippen molar-refractivity contribution in [2.45, 2.75) is 11.3 Å². The number of carbonyl (C=O) groups excluding carboxylic acids is 1. The van der Waals surface area contributed by atoms with Crippen LogP contribution in [0, 0.1) is 0 Å². The number of urea groups is 1. The molecule has 0 atom stereocenters. The Hall–Kier alpha value is -1.47. The number of hydrogen-bond donors (Lipinski definition) is 2. The van der Waals surface area contributed by atoms with E-state index in [1.54, 1.807) is 18.2 Å². The first-order valence-electron chi connectivity index (χ1n) is 6.78. The first kappa shape index (κ1) is 18.9. The van der Waals surface area contributed by atoms with Crippen LogP contribution in [0.2, 0.25) is 15.1 Å². The average molecular weight is 408 g/mol. The van der Waals surface area contributed by atoms with E-state index in [1.807, 2.05) is 4.72 Å². The Kier molecular flexibility index (Phi) is 6.34. The van der Waals surface area contributed by atoms with E-state index in [9.17, 15) is 13.2 Å². The van der Waals surface area contributed by atoms with Crippen molar-refractivity contribution < 1.29 is 13.2 Å². The minimum absolute atomic E-state index is 0.0495. The first-order chi connectivity index (χ1) is 11.3. The maximum Gasteiger partial charge on any atom is 0.328 e. The highest BCUT2D eigenvalue weighted by Crippen LogP contribution is 2.22. The van der Waals surface area contributed by atoms with E-state index in [4.69, 9.17) is 34.8 Å². The van der Waals surface area contributed by atoms with Gasteiger partial charge in [-0.2, -0.15) is 0 Å². The van der Waals surface area contributed by atoms with Crippen LogP contribution in [0.25, 0.3) is 0 Å². The zero-order valence-corrected chi connectivity index (χ0v) is 15.3. The molecule has 2 aromatic rings. The largest absolute Gasteiger partial charge is 0.337 e. The van der Waals surface area contributed by atoms with E-state index >= 15 is 0 Å². The molecule has 0 aliphatic rings. The molecule has 0 heterocycles. The monoisotopic (exact) mass is 406 g/mol. The fourth-order valence-electron chi connectivity index (χ4n) is 1.85. The molecule has 0 radical (unpaired) electrons. The van der Waals surface area contributed by atoms with Gasteiger partial charge in [-0.15, -0.1) is 0 Å². The Morgan fingerprint density at radius 3 is 2.25 bits per heavy atom. The number of halogens is 3. The molecular weight excluding hydrogens is 395 g/mol. The van der Waals surface area contributed by atoms with Gasteiger partial charge in [-0.3, -0.25) is 0 Å². The number of nitrogens with one attached hydrogen (secondary N) is 2. The molecule has 2 rings (SSSR count). The molecule has 5 nitrogen and oxygen atoms in total. The van der Waals surface area contributed by atoms with Crippen LogP contribution in [0.15, 0.2) is 47.4 Å². The molecule has 0 saturated heterocycles.